The average molecular weight is 279 g/mol. The zero-order valence-electron chi connectivity index (χ0n) is 11.1. The summed E-state index contributed by atoms with van der Waals surface area (Å²) in [5.41, 5.74) is 8.45. The van der Waals surface area contributed by atoms with Crippen LogP contribution in [0.1, 0.15) is 37.4 Å². The quantitative estimate of drug-likeness (QED) is 0.780. The number of primary amides is 1. The molecule has 0 aliphatic carbocycles. The van der Waals surface area contributed by atoms with Crippen LogP contribution >= 0.6 is 11.6 Å². The first-order valence-corrected chi connectivity index (χ1v) is 7.07. The number of unbranched alkanes of at least 4 members (excludes halogenated alkanes) is 2. The normalized spacial score (nSPS) is 11.1. The van der Waals surface area contributed by atoms with E-state index in [9.17, 15) is 4.79 Å². The van der Waals surface area contributed by atoms with Crippen LogP contribution in [0.3, 0.4) is 0 Å². The molecular weight excluding hydrogens is 260 g/mol. The van der Waals surface area contributed by atoms with E-state index in [0.717, 1.165) is 29.4 Å². The number of aromatic amines is 1. The monoisotopic (exact) mass is 278 g/mol. The standard InChI is InChI=1S/C15H19ClN2O/c1-2-3-4-5-11-12-8-10(16)6-7-13(12)18-14(11)9-15(17)19/h6-8,18H,2-5,9H2,1H3,(H2,17,19). The predicted molar refractivity (Wildman–Crippen MR) is 79.4 cm³/mol. The Labute approximate surface area is 118 Å². The van der Waals surface area contributed by atoms with E-state index in [1.54, 1.807) is 0 Å². The lowest BCUT2D eigenvalue weighted by Gasteiger charge is -2.03. The molecule has 0 saturated carbocycles. The summed E-state index contributed by atoms with van der Waals surface area (Å²) in [4.78, 5) is 14.5. The number of aromatic nitrogens is 1. The lowest BCUT2D eigenvalue weighted by Crippen LogP contribution is -2.14. The Morgan fingerprint density at radius 1 is 1.37 bits per heavy atom. The van der Waals surface area contributed by atoms with Crippen LogP contribution in [-0.4, -0.2) is 10.9 Å². The fourth-order valence-electron chi connectivity index (χ4n) is 2.44. The van der Waals surface area contributed by atoms with Gasteiger partial charge in [0.25, 0.3) is 0 Å². The van der Waals surface area contributed by atoms with Gasteiger partial charge in [-0.3, -0.25) is 4.79 Å². The SMILES string of the molecule is CCCCCc1c(CC(N)=O)[nH]c2ccc(Cl)cc12. The molecule has 0 aliphatic rings. The van der Waals surface area contributed by atoms with Crippen molar-refractivity contribution >= 4 is 28.4 Å². The highest BCUT2D eigenvalue weighted by Crippen LogP contribution is 2.27. The number of hydrogen-bond donors (Lipinski definition) is 2. The molecule has 0 aliphatic heterocycles. The highest BCUT2D eigenvalue weighted by molar-refractivity contribution is 6.31. The molecule has 2 aromatic rings. The molecule has 0 spiro atoms. The Morgan fingerprint density at radius 3 is 2.84 bits per heavy atom. The number of carbonyl (C=O) groups excluding carboxylic acids is 1. The molecule has 1 amide bonds. The molecule has 0 bridgehead atoms. The molecule has 19 heavy (non-hydrogen) atoms. The first-order valence-electron chi connectivity index (χ1n) is 6.69. The third kappa shape index (κ3) is 3.29. The van der Waals surface area contributed by atoms with Gasteiger partial charge >= 0.3 is 0 Å². The van der Waals surface area contributed by atoms with Crippen molar-refractivity contribution in [3.05, 3.63) is 34.5 Å². The number of fused-ring (bicyclic) bond motifs is 1. The van der Waals surface area contributed by atoms with Gasteiger partial charge in [0.05, 0.1) is 6.42 Å². The number of aryl methyl sites for hydroxylation is 1. The van der Waals surface area contributed by atoms with Crippen molar-refractivity contribution in [3.63, 3.8) is 0 Å². The molecule has 1 heterocycles. The zero-order valence-corrected chi connectivity index (χ0v) is 11.9. The summed E-state index contributed by atoms with van der Waals surface area (Å²) in [5.74, 6) is -0.311. The van der Waals surface area contributed by atoms with E-state index in [2.05, 4.69) is 11.9 Å². The molecule has 1 aromatic carbocycles. The highest BCUT2D eigenvalue weighted by atomic mass is 35.5. The van der Waals surface area contributed by atoms with E-state index in [-0.39, 0.29) is 12.3 Å². The fourth-order valence-corrected chi connectivity index (χ4v) is 2.61. The second kappa shape index (κ2) is 6.11. The van der Waals surface area contributed by atoms with Gasteiger partial charge in [-0.25, -0.2) is 0 Å². The molecular formula is C15H19ClN2O. The predicted octanol–water partition coefficient (Wildman–Crippen LogP) is 3.58. The third-order valence-corrected chi connectivity index (χ3v) is 3.57. The van der Waals surface area contributed by atoms with Crippen LogP contribution in [-0.2, 0) is 17.6 Å². The van der Waals surface area contributed by atoms with Gasteiger partial charge in [0.2, 0.25) is 5.91 Å². The van der Waals surface area contributed by atoms with Crippen molar-refractivity contribution in [2.45, 2.75) is 39.0 Å². The smallest absolute Gasteiger partial charge is 0.223 e. The number of nitrogens with two attached hydrogens (primary N) is 1. The van der Waals surface area contributed by atoms with Crippen LogP contribution in [0.2, 0.25) is 5.02 Å². The van der Waals surface area contributed by atoms with Gasteiger partial charge in [0, 0.05) is 21.6 Å². The van der Waals surface area contributed by atoms with Crippen molar-refractivity contribution in [2.24, 2.45) is 5.73 Å². The number of nitrogens with one attached hydrogen (secondary N) is 1. The maximum Gasteiger partial charge on any atom is 0.223 e. The Balaban J connectivity index is 2.40. The van der Waals surface area contributed by atoms with Crippen LogP contribution in [0.15, 0.2) is 18.2 Å². The molecule has 2 rings (SSSR count). The van der Waals surface area contributed by atoms with E-state index >= 15 is 0 Å². The summed E-state index contributed by atoms with van der Waals surface area (Å²) in [6.07, 6.45) is 4.68. The fraction of sp³-hybridized carbons (Fsp3) is 0.400. The molecule has 102 valence electrons. The van der Waals surface area contributed by atoms with E-state index in [0.29, 0.717) is 5.02 Å². The van der Waals surface area contributed by atoms with E-state index in [4.69, 9.17) is 17.3 Å². The van der Waals surface area contributed by atoms with Crippen LogP contribution in [0.5, 0.6) is 0 Å². The van der Waals surface area contributed by atoms with Gasteiger partial charge in [-0.1, -0.05) is 31.4 Å². The lowest BCUT2D eigenvalue weighted by molar-refractivity contribution is -0.117. The summed E-state index contributed by atoms with van der Waals surface area (Å²) in [5, 5.41) is 1.83. The zero-order chi connectivity index (χ0) is 13.8. The highest BCUT2D eigenvalue weighted by Gasteiger charge is 2.13. The Bertz CT molecular complexity index is 589. The molecule has 0 radical (unpaired) electrons. The molecule has 4 heteroatoms. The minimum atomic E-state index is -0.311. The maximum absolute atomic E-state index is 11.2. The topological polar surface area (TPSA) is 58.9 Å². The number of amides is 1. The molecule has 0 unspecified atom stereocenters. The molecule has 1 aromatic heterocycles. The van der Waals surface area contributed by atoms with Crippen LogP contribution in [0, 0.1) is 0 Å². The number of halogens is 1. The average Bonchev–Trinajstić information content (AvgIpc) is 2.66. The second-order valence-electron chi connectivity index (χ2n) is 4.87. The maximum atomic E-state index is 11.2. The van der Waals surface area contributed by atoms with Gasteiger partial charge in [0.1, 0.15) is 0 Å². The van der Waals surface area contributed by atoms with Crippen LogP contribution in [0.4, 0.5) is 0 Å². The third-order valence-electron chi connectivity index (χ3n) is 3.34. The minimum absolute atomic E-state index is 0.258. The number of benzene rings is 1. The Morgan fingerprint density at radius 2 is 2.16 bits per heavy atom. The molecule has 3 N–H and O–H groups in total. The van der Waals surface area contributed by atoms with Gasteiger partial charge < -0.3 is 10.7 Å². The van der Waals surface area contributed by atoms with Crippen LogP contribution < -0.4 is 5.73 Å². The van der Waals surface area contributed by atoms with Crippen LogP contribution in [0.25, 0.3) is 10.9 Å². The first-order chi connectivity index (χ1) is 9.11. The van der Waals surface area contributed by atoms with Gasteiger partial charge in [-0.05, 0) is 36.6 Å². The Kier molecular flexibility index (Phi) is 4.48. The molecule has 0 fully saturated rings. The van der Waals surface area contributed by atoms with Crippen molar-refractivity contribution in [3.8, 4) is 0 Å². The van der Waals surface area contributed by atoms with Crippen molar-refractivity contribution in [1.29, 1.82) is 0 Å². The van der Waals surface area contributed by atoms with E-state index in [1.165, 1.54) is 18.4 Å². The Hall–Kier alpha value is -1.48. The number of rotatable bonds is 6. The molecule has 0 atom stereocenters. The van der Waals surface area contributed by atoms with E-state index in [1.807, 2.05) is 18.2 Å². The van der Waals surface area contributed by atoms with Crippen molar-refractivity contribution in [1.82, 2.24) is 4.98 Å². The van der Waals surface area contributed by atoms with Crippen molar-refractivity contribution in [2.75, 3.05) is 0 Å². The minimum Gasteiger partial charge on any atom is -0.369 e. The van der Waals surface area contributed by atoms with Gasteiger partial charge in [-0.15, -0.1) is 0 Å². The van der Waals surface area contributed by atoms with Crippen molar-refractivity contribution < 1.29 is 4.79 Å². The summed E-state index contributed by atoms with van der Waals surface area (Å²) in [7, 11) is 0. The van der Waals surface area contributed by atoms with Gasteiger partial charge in [-0.2, -0.15) is 0 Å². The largest absolute Gasteiger partial charge is 0.369 e. The lowest BCUT2D eigenvalue weighted by atomic mass is 10.0. The second-order valence-corrected chi connectivity index (χ2v) is 5.31. The summed E-state index contributed by atoms with van der Waals surface area (Å²) in [6, 6.07) is 5.76. The summed E-state index contributed by atoms with van der Waals surface area (Å²) in [6.45, 7) is 2.18. The molecule has 3 nitrogen and oxygen atoms in total. The summed E-state index contributed by atoms with van der Waals surface area (Å²) < 4.78 is 0. The number of hydrogen-bond acceptors (Lipinski definition) is 1. The van der Waals surface area contributed by atoms with Gasteiger partial charge in [0.15, 0.2) is 0 Å². The number of H-pyrrole nitrogens is 1. The molecule has 0 saturated heterocycles. The first kappa shape index (κ1) is 13.9. The summed E-state index contributed by atoms with van der Waals surface area (Å²) >= 11 is 6.06. The van der Waals surface area contributed by atoms with E-state index < -0.39 is 0 Å². The number of carbonyl (C=O) groups is 1.